The van der Waals surface area contributed by atoms with Crippen LogP contribution in [0.15, 0.2) is 36.9 Å². The van der Waals surface area contributed by atoms with Gasteiger partial charge in [0.2, 0.25) is 0 Å². The van der Waals surface area contributed by atoms with Crippen LogP contribution in [-0.4, -0.2) is 37.9 Å². The number of likely N-dealkylation sites (tertiary alicyclic amines) is 1. The van der Waals surface area contributed by atoms with E-state index < -0.39 is 0 Å². The molecule has 5 nitrogen and oxygen atoms in total. The first kappa shape index (κ1) is 14.2. The van der Waals surface area contributed by atoms with Crippen LogP contribution >= 0.6 is 0 Å². The molecule has 1 unspecified atom stereocenters. The maximum atomic E-state index is 9.08. The zero-order valence-electron chi connectivity index (χ0n) is 12.2. The molecule has 1 fully saturated rings. The van der Waals surface area contributed by atoms with Crippen LogP contribution in [0.25, 0.3) is 0 Å². The summed E-state index contributed by atoms with van der Waals surface area (Å²) in [5, 5.41) is 13.3. The van der Waals surface area contributed by atoms with Crippen LogP contribution in [-0.2, 0) is 19.7 Å². The number of aromatic nitrogens is 3. The average Bonchev–Trinajstić information content (AvgIpc) is 3.01. The third-order valence-corrected chi connectivity index (χ3v) is 4.13. The predicted molar refractivity (Wildman–Crippen MR) is 80.4 cm³/mol. The van der Waals surface area contributed by atoms with E-state index in [1.54, 1.807) is 12.7 Å². The monoisotopic (exact) mass is 286 g/mol. The quantitative estimate of drug-likeness (QED) is 0.908. The molecular weight excluding hydrogens is 264 g/mol. The van der Waals surface area contributed by atoms with Crippen molar-refractivity contribution < 1.29 is 5.11 Å². The van der Waals surface area contributed by atoms with Gasteiger partial charge in [-0.05, 0) is 36.4 Å². The van der Waals surface area contributed by atoms with E-state index in [1.165, 1.54) is 18.4 Å². The van der Waals surface area contributed by atoms with Crippen molar-refractivity contribution in [1.29, 1.82) is 0 Å². The number of hydrogen-bond acceptors (Lipinski definition) is 4. The highest BCUT2D eigenvalue weighted by molar-refractivity contribution is 5.21. The fourth-order valence-electron chi connectivity index (χ4n) is 3.04. The van der Waals surface area contributed by atoms with Gasteiger partial charge in [-0.25, -0.2) is 4.98 Å². The van der Waals surface area contributed by atoms with Crippen LogP contribution in [0.5, 0.6) is 0 Å². The lowest BCUT2D eigenvalue weighted by Crippen LogP contribution is -2.36. The van der Waals surface area contributed by atoms with Crippen molar-refractivity contribution in [3.8, 4) is 0 Å². The van der Waals surface area contributed by atoms with E-state index in [0.29, 0.717) is 5.92 Å². The van der Waals surface area contributed by atoms with E-state index in [4.69, 9.17) is 5.11 Å². The second-order valence-electron chi connectivity index (χ2n) is 5.84. The van der Waals surface area contributed by atoms with E-state index in [1.807, 2.05) is 16.8 Å². The minimum Gasteiger partial charge on any atom is -0.392 e. The van der Waals surface area contributed by atoms with Crippen molar-refractivity contribution in [2.45, 2.75) is 32.5 Å². The molecule has 5 heteroatoms. The van der Waals surface area contributed by atoms with Gasteiger partial charge in [-0.15, -0.1) is 0 Å². The standard InChI is InChI=1S/C16H22N4O/c21-11-15-5-3-14(4-6-15)8-19-7-1-2-16(9-19)10-20-13-17-12-18-20/h3-6,12-13,16,21H,1-2,7-11H2. The van der Waals surface area contributed by atoms with Gasteiger partial charge in [0.1, 0.15) is 12.7 Å². The summed E-state index contributed by atoms with van der Waals surface area (Å²) in [5.41, 5.74) is 2.29. The largest absolute Gasteiger partial charge is 0.392 e. The summed E-state index contributed by atoms with van der Waals surface area (Å²) < 4.78 is 1.93. The second kappa shape index (κ2) is 6.83. The van der Waals surface area contributed by atoms with Crippen LogP contribution in [0.2, 0.25) is 0 Å². The molecule has 1 aromatic heterocycles. The van der Waals surface area contributed by atoms with Crippen LogP contribution in [0, 0.1) is 5.92 Å². The van der Waals surface area contributed by atoms with Gasteiger partial charge in [0, 0.05) is 19.6 Å². The van der Waals surface area contributed by atoms with Crippen molar-refractivity contribution in [3.63, 3.8) is 0 Å². The minimum absolute atomic E-state index is 0.115. The summed E-state index contributed by atoms with van der Waals surface area (Å²) in [6, 6.07) is 8.25. The number of aliphatic hydroxyl groups is 1. The molecular formula is C16H22N4O. The van der Waals surface area contributed by atoms with Gasteiger partial charge < -0.3 is 5.11 Å². The van der Waals surface area contributed by atoms with E-state index in [2.05, 4.69) is 27.1 Å². The first-order valence-electron chi connectivity index (χ1n) is 7.57. The Hall–Kier alpha value is -1.72. The Kier molecular flexibility index (Phi) is 4.62. The van der Waals surface area contributed by atoms with Crippen LogP contribution in [0.3, 0.4) is 0 Å². The summed E-state index contributed by atoms with van der Waals surface area (Å²) in [5.74, 6) is 0.650. The maximum Gasteiger partial charge on any atom is 0.137 e. The van der Waals surface area contributed by atoms with Crippen molar-refractivity contribution in [1.82, 2.24) is 19.7 Å². The summed E-state index contributed by atoms with van der Waals surface area (Å²) in [6.07, 6.45) is 5.91. The Morgan fingerprint density at radius 3 is 2.71 bits per heavy atom. The lowest BCUT2D eigenvalue weighted by molar-refractivity contribution is 0.153. The van der Waals surface area contributed by atoms with Crippen molar-refractivity contribution in [3.05, 3.63) is 48.0 Å². The van der Waals surface area contributed by atoms with Crippen LogP contribution < -0.4 is 0 Å². The molecule has 3 rings (SSSR count). The minimum atomic E-state index is 0.115. The molecule has 0 amide bonds. The SMILES string of the molecule is OCc1ccc(CN2CCCC(Cn3cncn3)C2)cc1. The average molecular weight is 286 g/mol. The van der Waals surface area contributed by atoms with Crippen molar-refractivity contribution in [2.75, 3.05) is 13.1 Å². The van der Waals surface area contributed by atoms with Crippen molar-refractivity contribution >= 4 is 0 Å². The first-order valence-corrected chi connectivity index (χ1v) is 7.57. The molecule has 0 spiro atoms. The molecule has 0 radical (unpaired) electrons. The number of nitrogens with zero attached hydrogens (tertiary/aromatic N) is 4. The highest BCUT2D eigenvalue weighted by Gasteiger charge is 2.20. The molecule has 1 aromatic carbocycles. The number of aliphatic hydroxyl groups excluding tert-OH is 1. The molecule has 0 aliphatic carbocycles. The van der Waals surface area contributed by atoms with Gasteiger partial charge in [-0.3, -0.25) is 9.58 Å². The molecule has 1 N–H and O–H groups in total. The molecule has 0 bridgehead atoms. The molecule has 1 aliphatic heterocycles. The van der Waals surface area contributed by atoms with Gasteiger partial charge in [0.15, 0.2) is 0 Å². The smallest absolute Gasteiger partial charge is 0.137 e. The number of rotatable bonds is 5. The normalized spacial score (nSPS) is 19.8. The fraction of sp³-hybridized carbons (Fsp3) is 0.500. The van der Waals surface area contributed by atoms with Crippen LogP contribution in [0.1, 0.15) is 24.0 Å². The van der Waals surface area contributed by atoms with Gasteiger partial charge in [-0.2, -0.15) is 5.10 Å². The van der Waals surface area contributed by atoms with Crippen molar-refractivity contribution in [2.24, 2.45) is 5.92 Å². The zero-order chi connectivity index (χ0) is 14.5. The fourth-order valence-corrected chi connectivity index (χ4v) is 3.04. The van der Waals surface area contributed by atoms with Gasteiger partial charge in [0.25, 0.3) is 0 Å². The zero-order valence-corrected chi connectivity index (χ0v) is 12.2. The molecule has 1 atom stereocenters. The molecule has 2 heterocycles. The lowest BCUT2D eigenvalue weighted by atomic mass is 9.97. The molecule has 112 valence electrons. The second-order valence-corrected chi connectivity index (χ2v) is 5.84. The summed E-state index contributed by atoms with van der Waals surface area (Å²) in [4.78, 5) is 6.52. The summed E-state index contributed by atoms with van der Waals surface area (Å²) >= 11 is 0. The van der Waals surface area contributed by atoms with E-state index in [9.17, 15) is 0 Å². The van der Waals surface area contributed by atoms with E-state index >= 15 is 0 Å². The van der Waals surface area contributed by atoms with Gasteiger partial charge >= 0.3 is 0 Å². The van der Waals surface area contributed by atoms with E-state index in [-0.39, 0.29) is 6.61 Å². The molecule has 0 saturated carbocycles. The van der Waals surface area contributed by atoms with Gasteiger partial charge in [0.05, 0.1) is 6.61 Å². The van der Waals surface area contributed by atoms with Gasteiger partial charge in [-0.1, -0.05) is 24.3 Å². The highest BCUT2D eigenvalue weighted by atomic mass is 16.3. The Labute approximate surface area is 125 Å². The van der Waals surface area contributed by atoms with Crippen LogP contribution in [0.4, 0.5) is 0 Å². The lowest BCUT2D eigenvalue weighted by Gasteiger charge is -2.32. The Balaban J connectivity index is 1.55. The highest BCUT2D eigenvalue weighted by Crippen LogP contribution is 2.20. The number of benzene rings is 1. The topological polar surface area (TPSA) is 54.2 Å². The summed E-state index contributed by atoms with van der Waals surface area (Å²) in [6.45, 7) is 4.33. The molecule has 1 aliphatic rings. The third-order valence-electron chi connectivity index (χ3n) is 4.13. The molecule has 2 aromatic rings. The Morgan fingerprint density at radius 2 is 2.00 bits per heavy atom. The predicted octanol–water partition coefficient (Wildman–Crippen LogP) is 1.68. The number of hydrogen-bond donors (Lipinski definition) is 1. The Bertz CT molecular complexity index is 538. The first-order chi connectivity index (χ1) is 10.3. The molecule has 1 saturated heterocycles. The molecule has 21 heavy (non-hydrogen) atoms. The van der Waals surface area contributed by atoms with E-state index in [0.717, 1.165) is 31.7 Å². The summed E-state index contributed by atoms with van der Waals surface area (Å²) in [7, 11) is 0. The Morgan fingerprint density at radius 1 is 1.19 bits per heavy atom. The maximum absolute atomic E-state index is 9.08. The number of piperidine rings is 1. The third kappa shape index (κ3) is 3.89.